The molecule has 26 heavy (non-hydrogen) atoms. The van der Waals surface area contributed by atoms with E-state index < -0.39 is 0 Å². The van der Waals surface area contributed by atoms with Gasteiger partial charge in [-0.3, -0.25) is 4.98 Å². The van der Waals surface area contributed by atoms with E-state index in [1.807, 2.05) is 24.3 Å². The maximum absolute atomic E-state index is 4.77. The highest BCUT2D eigenvalue weighted by molar-refractivity contribution is 7.18. The fourth-order valence-electron chi connectivity index (χ4n) is 2.86. The van der Waals surface area contributed by atoms with Crippen LogP contribution in [-0.2, 0) is 12.8 Å². The summed E-state index contributed by atoms with van der Waals surface area (Å²) in [6.07, 6.45) is 3.73. The number of nitrogens with one attached hydrogen (secondary N) is 1. The molecule has 1 N–H and O–H groups in total. The molecule has 4 nitrogen and oxygen atoms in total. The Kier molecular flexibility index (Phi) is 4.88. The highest BCUT2D eigenvalue weighted by Crippen LogP contribution is 2.31. The SMILES string of the molecule is CCc1cc2c(NCCc3ccccc3)nc(-c3ccccn3)nc2s1. The number of hydrogen-bond acceptors (Lipinski definition) is 5. The Morgan fingerprint density at radius 2 is 1.85 bits per heavy atom. The molecule has 0 spiro atoms. The van der Waals surface area contributed by atoms with Crippen molar-refractivity contribution in [3.63, 3.8) is 0 Å². The number of nitrogens with zero attached hydrogens (tertiary/aromatic N) is 3. The molecule has 0 aliphatic rings. The molecule has 0 saturated heterocycles. The van der Waals surface area contributed by atoms with Crippen LogP contribution in [0.3, 0.4) is 0 Å². The summed E-state index contributed by atoms with van der Waals surface area (Å²) < 4.78 is 0. The van der Waals surface area contributed by atoms with E-state index in [4.69, 9.17) is 9.97 Å². The number of thiophene rings is 1. The van der Waals surface area contributed by atoms with Gasteiger partial charge in [0.1, 0.15) is 16.3 Å². The van der Waals surface area contributed by atoms with E-state index in [0.29, 0.717) is 5.82 Å². The topological polar surface area (TPSA) is 50.7 Å². The number of rotatable bonds is 6. The van der Waals surface area contributed by atoms with Gasteiger partial charge in [-0.1, -0.05) is 43.3 Å². The Morgan fingerprint density at radius 1 is 1.00 bits per heavy atom. The van der Waals surface area contributed by atoms with Crippen LogP contribution in [0.2, 0.25) is 0 Å². The first-order valence-corrected chi connectivity index (χ1v) is 9.65. The summed E-state index contributed by atoms with van der Waals surface area (Å²) in [4.78, 5) is 16.3. The average molecular weight is 360 g/mol. The van der Waals surface area contributed by atoms with Crippen molar-refractivity contribution in [2.75, 3.05) is 11.9 Å². The van der Waals surface area contributed by atoms with Gasteiger partial charge < -0.3 is 5.32 Å². The average Bonchev–Trinajstić information content (AvgIpc) is 3.13. The van der Waals surface area contributed by atoms with Crippen LogP contribution in [-0.4, -0.2) is 21.5 Å². The third-order valence-corrected chi connectivity index (χ3v) is 5.41. The quantitative estimate of drug-likeness (QED) is 0.527. The monoisotopic (exact) mass is 360 g/mol. The van der Waals surface area contributed by atoms with E-state index in [0.717, 1.165) is 41.1 Å². The van der Waals surface area contributed by atoms with Gasteiger partial charge in [0, 0.05) is 17.6 Å². The Hall–Kier alpha value is -2.79. The van der Waals surface area contributed by atoms with Gasteiger partial charge in [-0.05, 0) is 36.6 Å². The zero-order chi connectivity index (χ0) is 17.8. The van der Waals surface area contributed by atoms with Gasteiger partial charge in [0.05, 0.1) is 5.39 Å². The number of anilines is 1. The minimum atomic E-state index is 0.671. The van der Waals surface area contributed by atoms with E-state index in [1.165, 1.54) is 10.4 Å². The Labute approximate surface area is 157 Å². The highest BCUT2D eigenvalue weighted by Gasteiger charge is 2.13. The molecule has 0 amide bonds. The smallest absolute Gasteiger partial charge is 0.181 e. The van der Waals surface area contributed by atoms with Crippen LogP contribution < -0.4 is 5.32 Å². The summed E-state index contributed by atoms with van der Waals surface area (Å²) in [5.74, 6) is 1.56. The van der Waals surface area contributed by atoms with E-state index >= 15 is 0 Å². The van der Waals surface area contributed by atoms with Gasteiger partial charge >= 0.3 is 0 Å². The molecule has 0 fully saturated rings. The summed E-state index contributed by atoms with van der Waals surface area (Å²) in [6.45, 7) is 3.00. The molecule has 0 radical (unpaired) electrons. The molecule has 1 aromatic carbocycles. The zero-order valence-corrected chi connectivity index (χ0v) is 15.5. The number of hydrogen-bond donors (Lipinski definition) is 1. The molecular weight excluding hydrogens is 340 g/mol. The van der Waals surface area contributed by atoms with Crippen LogP contribution in [0.4, 0.5) is 5.82 Å². The van der Waals surface area contributed by atoms with E-state index in [1.54, 1.807) is 17.5 Å². The Morgan fingerprint density at radius 3 is 2.62 bits per heavy atom. The van der Waals surface area contributed by atoms with Crippen LogP contribution in [0.5, 0.6) is 0 Å². The molecule has 0 unspecified atom stereocenters. The lowest BCUT2D eigenvalue weighted by molar-refractivity contribution is 1.01. The minimum Gasteiger partial charge on any atom is -0.369 e. The maximum Gasteiger partial charge on any atom is 0.181 e. The van der Waals surface area contributed by atoms with Crippen molar-refractivity contribution in [3.05, 3.63) is 71.2 Å². The van der Waals surface area contributed by atoms with Crippen molar-refractivity contribution >= 4 is 27.4 Å². The number of fused-ring (bicyclic) bond motifs is 1. The van der Waals surface area contributed by atoms with Crippen molar-refractivity contribution in [1.82, 2.24) is 15.0 Å². The third-order valence-electron chi connectivity index (χ3n) is 4.24. The Bertz CT molecular complexity index is 997. The van der Waals surface area contributed by atoms with Crippen molar-refractivity contribution < 1.29 is 0 Å². The summed E-state index contributed by atoms with van der Waals surface area (Å²) in [7, 11) is 0. The minimum absolute atomic E-state index is 0.671. The van der Waals surface area contributed by atoms with E-state index in [9.17, 15) is 0 Å². The molecule has 130 valence electrons. The molecule has 3 aromatic heterocycles. The zero-order valence-electron chi connectivity index (χ0n) is 14.6. The molecule has 0 aliphatic carbocycles. The lowest BCUT2D eigenvalue weighted by Crippen LogP contribution is -2.07. The Balaban J connectivity index is 1.65. The number of aryl methyl sites for hydroxylation is 1. The molecule has 4 aromatic rings. The summed E-state index contributed by atoms with van der Waals surface area (Å²) in [5.41, 5.74) is 2.11. The number of aromatic nitrogens is 3. The highest BCUT2D eigenvalue weighted by atomic mass is 32.1. The van der Waals surface area contributed by atoms with Crippen molar-refractivity contribution in [1.29, 1.82) is 0 Å². The molecule has 4 rings (SSSR count). The van der Waals surface area contributed by atoms with Gasteiger partial charge in [0.15, 0.2) is 5.82 Å². The second-order valence-electron chi connectivity index (χ2n) is 6.06. The maximum atomic E-state index is 4.77. The van der Waals surface area contributed by atoms with Crippen molar-refractivity contribution in [3.8, 4) is 11.5 Å². The lowest BCUT2D eigenvalue weighted by Gasteiger charge is -2.09. The van der Waals surface area contributed by atoms with Gasteiger partial charge in [0.25, 0.3) is 0 Å². The van der Waals surface area contributed by atoms with Crippen molar-refractivity contribution in [2.45, 2.75) is 19.8 Å². The first-order valence-electron chi connectivity index (χ1n) is 8.83. The molecule has 0 aliphatic heterocycles. The summed E-state index contributed by atoms with van der Waals surface area (Å²) in [5, 5.41) is 4.61. The van der Waals surface area contributed by atoms with E-state index in [-0.39, 0.29) is 0 Å². The second kappa shape index (κ2) is 7.62. The van der Waals surface area contributed by atoms with E-state index in [2.05, 4.69) is 47.6 Å². The van der Waals surface area contributed by atoms with Crippen LogP contribution in [0, 0.1) is 0 Å². The fraction of sp³-hybridized carbons (Fsp3) is 0.190. The van der Waals surface area contributed by atoms with Gasteiger partial charge in [-0.25, -0.2) is 9.97 Å². The standard InChI is InChI=1S/C21H20N4S/c1-2-16-14-17-19(23-13-11-15-8-4-3-5-9-15)24-20(25-21(17)26-16)18-10-6-7-12-22-18/h3-10,12,14H,2,11,13H2,1H3,(H,23,24,25). The molecule has 0 saturated carbocycles. The van der Waals surface area contributed by atoms with Crippen LogP contribution in [0.1, 0.15) is 17.4 Å². The first kappa shape index (κ1) is 16.7. The first-order chi connectivity index (χ1) is 12.8. The largest absolute Gasteiger partial charge is 0.369 e. The van der Waals surface area contributed by atoms with Gasteiger partial charge in [0.2, 0.25) is 0 Å². The number of benzene rings is 1. The number of pyridine rings is 1. The second-order valence-corrected chi connectivity index (χ2v) is 7.17. The lowest BCUT2D eigenvalue weighted by atomic mass is 10.1. The molecule has 3 heterocycles. The van der Waals surface area contributed by atoms with Crippen molar-refractivity contribution in [2.24, 2.45) is 0 Å². The summed E-state index contributed by atoms with van der Waals surface area (Å²) in [6, 6.07) is 18.5. The van der Waals surface area contributed by atoms with Crippen LogP contribution in [0.15, 0.2) is 60.8 Å². The predicted molar refractivity (Wildman–Crippen MR) is 109 cm³/mol. The summed E-state index contributed by atoms with van der Waals surface area (Å²) >= 11 is 1.73. The van der Waals surface area contributed by atoms with Crippen LogP contribution in [0.25, 0.3) is 21.7 Å². The molecular formula is C21H20N4S. The van der Waals surface area contributed by atoms with Gasteiger partial charge in [-0.15, -0.1) is 11.3 Å². The molecule has 0 atom stereocenters. The molecule has 5 heteroatoms. The van der Waals surface area contributed by atoms with Gasteiger partial charge in [-0.2, -0.15) is 0 Å². The predicted octanol–water partition coefficient (Wildman–Crippen LogP) is 4.97. The normalized spacial score (nSPS) is 11.0. The van der Waals surface area contributed by atoms with Crippen LogP contribution >= 0.6 is 11.3 Å². The fourth-order valence-corrected chi connectivity index (χ4v) is 3.83. The third kappa shape index (κ3) is 3.58. The molecule has 0 bridgehead atoms.